The first-order chi connectivity index (χ1) is 9.32. The second kappa shape index (κ2) is 6.43. The summed E-state index contributed by atoms with van der Waals surface area (Å²) in [6.07, 6.45) is 0. The van der Waals surface area contributed by atoms with Gasteiger partial charge in [-0.25, -0.2) is 8.42 Å². The molecule has 0 radical (unpaired) electrons. The zero-order valence-corrected chi connectivity index (χ0v) is 13.6. The SMILES string of the molecule is C=C(c1csc(C)c1)S(=O)(=O)c1cccc(C(N)=O)c1.Cl. The average Bonchev–Trinajstić information content (AvgIpc) is 2.84. The van der Waals surface area contributed by atoms with Crippen LogP contribution in [0.25, 0.3) is 4.91 Å². The van der Waals surface area contributed by atoms with Crippen molar-refractivity contribution in [1.29, 1.82) is 0 Å². The monoisotopic (exact) mass is 343 g/mol. The molecule has 2 aromatic rings. The Morgan fingerprint density at radius 3 is 2.43 bits per heavy atom. The number of amides is 1. The summed E-state index contributed by atoms with van der Waals surface area (Å²) in [6.45, 7) is 5.55. The fourth-order valence-corrected chi connectivity index (χ4v) is 3.75. The van der Waals surface area contributed by atoms with E-state index < -0.39 is 15.7 Å². The lowest BCUT2D eigenvalue weighted by molar-refractivity contribution is 0.1000. The number of benzene rings is 1. The number of rotatable bonds is 4. The molecule has 0 spiro atoms. The van der Waals surface area contributed by atoms with Crippen molar-refractivity contribution in [2.45, 2.75) is 11.8 Å². The van der Waals surface area contributed by atoms with Crippen molar-refractivity contribution in [3.8, 4) is 0 Å². The molecule has 1 aromatic carbocycles. The van der Waals surface area contributed by atoms with E-state index in [-0.39, 0.29) is 27.8 Å². The third-order valence-corrected chi connectivity index (χ3v) is 5.43. The molecule has 0 atom stereocenters. The van der Waals surface area contributed by atoms with E-state index in [1.54, 1.807) is 11.4 Å². The van der Waals surface area contributed by atoms with Gasteiger partial charge in [0, 0.05) is 16.0 Å². The summed E-state index contributed by atoms with van der Waals surface area (Å²) < 4.78 is 24.9. The van der Waals surface area contributed by atoms with Crippen molar-refractivity contribution in [2.75, 3.05) is 0 Å². The topological polar surface area (TPSA) is 77.2 Å². The second-order valence-corrected chi connectivity index (χ2v) is 7.35. The number of nitrogens with two attached hydrogens (primary N) is 1. The Bertz CT molecular complexity index is 794. The highest BCUT2D eigenvalue weighted by Gasteiger charge is 2.21. The van der Waals surface area contributed by atoms with Crippen LogP contribution in [0.2, 0.25) is 0 Å². The largest absolute Gasteiger partial charge is 0.366 e. The predicted octanol–water partition coefficient (Wildman–Crippen LogP) is 3.02. The lowest BCUT2D eigenvalue weighted by atomic mass is 10.2. The van der Waals surface area contributed by atoms with Crippen LogP contribution in [0.3, 0.4) is 0 Å². The molecule has 7 heteroatoms. The van der Waals surface area contributed by atoms with Gasteiger partial charge in [0.15, 0.2) is 0 Å². The van der Waals surface area contributed by atoms with Gasteiger partial charge >= 0.3 is 0 Å². The molecular weight excluding hydrogens is 330 g/mol. The van der Waals surface area contributed by atoms with Gasteiger partial charge in [0.25, 0.3) is 0 Å². The maximum absolute atomic E-state index is 12.5. The van der Waals surface area contributed by atoms with E-state index in [0.717, 1.165) is 4.88 Å². The van der Waals surface area contributed by atoms with Crippen LogP contribution in [0, 0.1) is 6.92 Å². The number of thiophene rings is 1. The van der Waals surface area contributed by atoms with E-state index in [9.17, 15) is 13.2 Å². The van der Waals surface area contributed by atoms with Crippen molar-refractivity contribution in [3.05, 3.63) is 58.3 Å². The first kappa shape index (κ1) is 17.4. The lowest BCUT2D eigenvalue weighted by Gasteiger charge is -2.07. The highest BCUT2D eigenvalue weighted by atomic mass is 35.5. The van der Waals surface area contributed by atoms with Crippen LogP contribution in [0.4, 0.5) is 0 Å². The molecule has 1 amide bonds. The quantitative estimate of drug-likeness (QED) is 0.926. The van der Waals surface area contributed by atoms with E-state index in [1.165, 1.54) is 35.6 Å². The van der Waals surface area contributed by atoms with E-state index >= 15 is 0 Å². The van der Waals surface area contributed by atoms with Crippen LogP contribution in [0.5, 0.6) is 0 Å². The normalized spacial score (nSPS) is 10.7. The van der Waals surface area contributed by atoms with Gasteiger partial charge in [-0.3, -0.25) is 4.79 Å². The standard InChI is InChI=1S/C14H13NO3S2.ClH/c1-9-6-12(8-19-9)10(2)20(17,18)13-5-3-4-11(7-13)14(15)16;/h3-8H,2H2,1H3,(H2,15,16);1H. The minimum Gasteiger partial charge on any atom is -0.366 e. The Hall–Kier alpha value is -1.63. The molecule has 0 saturated heterocycles. The summed E-state index contributed by atoms with van der Waals surface area (Å²) in [5.74, 6) is -0.668. The highest BCUT2D eigenvalue weighted by Crippen LogP contribution is 2.29. The number of carbonyl (C=O) groups is 1. The Labute approximate surface area is 133 Å². The highest BCUT2D eigenvalue weighted by molar-refractivity contribution is 8.00. The molecule has 0 aliphatic heterocycles. The number of hydrogen-bond donors (Lipinski definition) is 1. The summed E-state index contributed by atoms with van der Waals surface area (Å²) >= 11 is 1.45. The Kier molecular flexibility index (Phi) is 5.33. The third-order valence-electron chi connectivity index (χ3n) is 2.81. The molecule has 0 saturated carbocycles. The molecule has 1 aromatic heterocycles. The fraction of sp³-hybridized carbons (Fsp3) is 0.0714. The van der Waals surface area contributed by atoms with Crippen LogP contribution in [-0.2, 0) is 9.84 Å². The number of hydrogen-bond acceptors (Lipinski definition) is 4. The average molecular weight is 344 g/mol. The number of halogens is 1. The van der Waals surface area contributed by atoms with E-state index in [2.05, 4.69) is 6.58 Å². The summed E-state index contributed by atoms with van der Waals surface area (Å²) in [5, 5.41) is 1.74. The molecule has 0 fully saturated rings. The maximum Gasteiger partial charge on any atom is 0.248 e. The summed E-state index contributed by atoms with van der Waals surface area (Å²) in [7, 11) is -3.73. The molecule has 0 aliphatic carbocycles. The van der Waals surface area contributed by atoms with Crippen LogP contribution in [0.15, 0.2) is 47.2 Å². The van der Waals surface area contributed by atoms with Crippen LogP contribution >= 0.6 is 23.7 Å². The molecular formula is C14H14ClNO3S2. The summed E-state index contributed by atoms with van der Waals surface area (Å²) in [6, 6.07) is 7.41. The van der Waals surface area contributed by atoms with Crippen LogP contribution < -0.4 is 5.73 Å². The second-order valence-electron chi connectivity index (χ2n) is 4.26. The number of aryl methyl sites for hydroxylation is 1. The van der Waals surface area contributed by atoms with Crippen molar-refractivity contribution in [2.24, 2.45) is 5.73 Å². The minimum atomic E-state index is -3.73. The molecule has 0 unspecified atom stereocenters. The molecule has 0 bridgehead atoms. The zero-order valence-electron chi connectivity index (χ0n) is 11.2. The maximum atomic E-state index is 12.5. The molecule has 2 N–H and O–H groups in total. The van der Waals surface area contributed by atoms with E-state index in [4.69, 9.17) is 5.73 Å². The van der Waals surface area contributed by atoms with Gasteiger partial charge in [-0.2, -0.15) is 0 Å². The number of primary amides is 1. The summed E-state index contributed by atoms with van der Waals surface area (Å²) in [4.78, 5) is 12.2. The van der Waals surface area contributed by atoms with Gasteiger partial charge in [0.05, 0.1) is 9.80 Å². The smallest absolute Gasteiger partial charge is 0.248 e. The van der Waals surface area contributed by atoms with Gasteiger partial charge in [0.2, 0.25) is 15.7 Å². The number of sulfone groups is 1. The van der Waals surface area contributed by atoms with Gasteiger partial charge in [-0.1, -0.05) is 12.6 Å². The molecule has 21 heavy (non-hydrogen) atoms. The van der Waals surface area contributed by atoms with Crippen molar-refractivity contribution < 1.29 is 13.2 Å². The Morgan fingerprint density at radius 2 is 1.90 bits per heavy atom. The molecule has 4 nitrogen and oxygen atoms in total. The molecule has 0 aliphatic rings. The first-order valence-electron chi connectivity index (χ1n) is 5.72. The molecule has 1 heterocycles. The fourth-order valence-electron chi connectivity index (χ4n) is 1.70. The van der Waals surface area contributed by atoms with Gasteiger partial charge in [-0.15, -0.1) is 23.7 Å². The Balaban J connectivity index is 0.00000220. The van der Waals surface area contributed by atoms with Gasteiger partial charge < -0.3 is 5.73 Å². The lowest BCUT2D eigenvalue weighted by Crippen LogP contribution is -2.12. The third kappa shape index (κ3) is 3.53. The van der Waals surface area contributed by atoms with E-state index in [1.807, 2.05) is 6.92 Å². The zero-order chi connectivity index (χ0) is 14.9. The van der Waals surface area contributed by atoms with Crippen LogP contribution in [-0.4, -0.2) is 14.3 Å². The predicted molar refractivity (Wildman–Crippen MR) is 87.5 cm³/mol. The van der Waals surface area contributed by atoms with Crippen molar-refractivity contribution in [1.82, 2.24) is 0 Å². The molecule has 112 valence electrons. The van der Waals surface area contributed by atoms with Crippen molar-refractivity contribution >= 4 is 44.4 Å². The van der Waals surface area contributed by atoms with Crippen LogP contribution in [0.1, 0.15) is 20.8 Å². The number of carbonyl (C=O) groups excluding carboxylic acids is 1. The summed E-state index contributed by atoms with van der Waals surface area (Å²) in [5.41, 5.74) is 5.88. The minimum absolute atomic E-state index is 0. The van der Waals surface area contributed by atoms with Gasteiger partial charge in [0.1, 0.15) is 0 Å². The Morgan fingerprint density at radius 1 is 1.24 bits per heavy atom. The van der Waals surface area contributed by atoms with E-state index in [0.29, 0.717) is 5.56 Å². The van der Waals surface area contributed by atoms with Gasteiger partial charge in [-0.05, 0) is 36.6 Å². The van der Waals surface area contributed by atoms with Crippen molar-refractivity contribution in [3.63, 3.8) is 0 Å². The first-order valence-corrected chi connectivity index (χ1v) is 8.08. The molecule has 2 rings (SSSR count).